The Balaban J connectivity index is 0. The molecule has 0 aliphatic carbocycles. The highest BCUT2D eigenvalue weighted by Gasteiger charge is 2.00. The van der Waals surface area contributed by atoms with Crippen LogP contribution in [-0.4, -0.2) is 33.5 Å². The summed E-state index contributed by atoms with van der Waals surface area (Å²) in [4.78, 5) is 41.6. The fourth-order valence-corrected chi connectivity index (χ4v) is 0.233. The van der Waals surface area contributed by atoms with Gasteiger partial charge in [0.15, 0.2) is 6.29 Å². The Morgan fingerprint density at radius 3 is 2.07 bits per heavy atom. The maximum Gasteiger partial charge on any atom is 0.466 e. The van der Waals surface area contributed by atoms with Gasteiger partial charge in [0.25, 0.3) is 0 Å². The van der Waals surface area contributed by atoms with Gasteiger partial charge in [0.2, 0.25) is 0 Å². The van der Waals surface area contributed by atoms with Crippen molar-refractivity contribution in [1.29, 1.82) is 0 Å². The summed E-state index contributed by atoms with van der Waals surface area (Å²) in [5, 5.41) is 0. The van der Waals surface area contributed by atoms with E-state index in [1.165, 1.54) is 6.92 Å². The molecule has 0 unspecified atom stereocenters. The second-order valence-electron chi connectivity index (χ2n) is 2.06. The maximum atomic E-state index is 10.4. The van der Waals surface area contributed by atoms with Crippen molar-refractivity contribution in [2.24, 2.45) is 0 Å². The number of hydrogen-bond donors (Lipinski definition) is 3. The van der Waals surface area contributed by atoms with Crippen LogP contribution in [-0.2, 0) is 18.9 Å². The van der Waals surface area contributed by atoms with Gasteiger partial charge in [0.1, 0.15) is 6.61 Å². The van der Waals surface area contributed by atoms with Crippen LogP contribution in [0.4, 0.5) is 0 Å². The molecule has 0 aliphatic rings. The molecule has 0 radical (unpaired) electrons. The van der Waals surface area contributed by atoms with Gasteiger partial charge in [-0.25, -0.2) is 9.36 Å². The standard InChI is InChI=1S/C6H8O3.H3O4P/c1-5(2)6(8)9-4-3-7;1-5(2,3)4/h3H,1,4H2,2H3;(H3,1,2,3,4). The van der Waals surface area contributed by atoms with Gasteiger partial charge in [0, 0.05) is 5.57 Å². The Kier molecular flexibility index (Phi) is 8.17. The average molecular weight is 226 g/mol. The van der Waals surface area contributed by atoms with Crippen molar-refractivity contribution in [3.63, 3.8) is 0 Å². The first-order valence-electron chi connectivity index (χ1n) is 3.23. The fraction of sp³-hybridized carbons (Fsp3) is 0.333. The Hall–Kier alpha value is -1.01. The number of rotatable bonds is 3. The molecule has 0 heterocycles. The number of hydrogen-bond acceptors (Lipinski definition) is 4. The Labute approximate surface area is 80.2 Å². The lowest BCUT2D eigenvalue weighted by molar-refractivity contribution is -0.141. The summed E-state index contributed by atoms with van der Waals surface area (Å²) in [5.74, 6) is -0.526. The van der Waals surface area contributed by atoms with Crippen LogP contribution in [0.1, 0.15) is 6.92 Å². The molecule has 0 aliphatic heterocycles. The third-order valence-electron chi connectivity index (χ3n) is 0.631. The molecule has 0 bridgehead atoms. The lowest BCUT2D eigenvalue weighted by Crippen LogP contribution is -2.06. The molecular weight excluding hydrogens is 215 g/mol. The molecule has 0 rings (SSSR count). The molecule has 0 aromatic heterocycles. The number of aldehydes is 1. The second-order valence-corrected chi connectivity index (χ2v) is 3.09. The van der Waals surface area contributed by atoms with Crippen molar-refractivity contribution < 1.29 is 33.6 Å². The van der Waals surface area contributed by atoms with Crippen molar-refractivity contribution >= 4 is 20.1 Å². The SMILES string of the molecule is C=C(C)C(=O)OCC=O.O=P(O)(O)O. The zero-order valence-electron chi connectivity index (χ0n) is 7.41. The van der Waals surface area contributed by atoms with E-state index in [0.717, 1.165) is 0 Å². The van der Waals surface area contributed by atoms with Gasteiger partial charge in [-0.15, -0.1) is 0 Å². The van der Waals surface area contributed by atoms with Crippen LogP contribution in [0.3, 0.4) is 0 Å². The number of phosphoric acid groups is 1. The topological polar surface area (TPSA) is 121 Å². The average Bonchev–Trinajstić information content (AvgIpc) is 1.96. The number of carbonyl (C=O) groups excluding carboxylic acids is 2. The van der Waals surface area contributed by atoms with Gasteiger partial charge >= 0.3 is 13.8 Å². The lowest BCUT2D eigenvalue weighted by Gasteiger charge is -1.96. The van der Waals surface area contributed by atoms with Crippen molar-refractivity contribution in [2.75, 3.05) is 6.61 Å². The summed E-state index contributed by atoms with van der Waals surface area (Å²) in [7, 11) is -4.64. The molecule has 82 valence electrons. The fourth-order valence-electron chi connectivity index (χ4n) is 0.233. The van der Waals surface area contributed by atoms with Crippen LogP contribution >= 0.6 is 7.82 Å². The molecule has 0 fully saturated rings. The van der Waals surface area contributed by atoms with E-state index in [1.54, 1.807) is 0 Å². The third kappa shape index (κ3) is 22.4. The van der Waals surface area contributed by atoms with E-state index >= 15 is 0 Å². The van der Waals surface area contributed by atoms with Gasteiger partial charge in [-0.1, -0.05) is 6.58 Å². The Morgan fingerprint density at radius 2 is 1.86 bits per heavy atom. The molecule has 0 aromatic carbocycles. The summed E-state index contributed by atoms with van der Waals surface area (Å²) in [6, 6.07) is 0. The van der Waals surface area contributed by atoms with Gasteiger partial charge in [-0.3, -0.25) is 4.79 Å². The maximum absolute atomic E-state index is 10.4. The van der Waals surface area contributed by atoms with Crippen molar-refractivity contribution in [3.8, 4) is 0 Å². The van der Waals surface area contributed by atoms with Gasteiger partial charge in [-0.05, 0) is 6.92 Å². The Bertz CT molecular complexity index is 245. The van der Waals surface area contributed by atoms with Gasteiger partial charge < -0.3 is 19.4 Å². The highest BCUT2D eigenvalue weighted by Crippen LogP contribution is 2.25. The first-order chi connectivity index (χ1) is 6.18. The minimum absolute atomic E-state index is 0.189. The molecule has 0 saturated heterocycles. The number of esters is 1. The molecule has 7 nitrogen and oxygen atoms in total. The van der Waals surface area contributed by atoms with Crippen LogP contribution in [0.15, 0.2) is 12.2 Å². The smallest absolute Gasteiger partial charge is 0.455 e. The van der Waals surface area contributed by atoms with Crippen LogP contribution in [0.25, 0.3) is 0 Å². The van der Waals surface area contributed by atoms with Crippen LogP contribution in [0.5, 0.6) is 0 Å². The number of carbonyl (C=O) groups is 2. The largest absolute Gasteiger partial charge is 0.466 e. The van der Waals surface area contributed by atoms with Crippen LogP contribution < -0.4 is 0 Å². The molecule has 0 aromatic rings. The summed E-state index contributed by atoms with van der Waals surface area (Å²) >= 11 is 0. The molecule has 0 spiro atoms. The normalized spacial score (nSPS) is 9.43. The number of ether oxygens (including phenoxy) is 1. The van der Waals surface area contributed by atoms with E-state index in [2.05, 4.69) is 11.3 Å². The highest BCUT2D eigenvalue weighted by atomic mass is 31.2. The molecule has 0 amide bonds. The molecule has 0 atom stereocenters. The van der Waals surface area contributed by atoms with E-state index in [-0.39, 0.29) is 6.61 Å². The lowest BCUT2D eigenvalue weighted by atomic mass is 10.4. The van der Waals surface area contributed by atoms with Gasteiger partial charge in [-0.2, -0.15) is 0 Å². The summed E-state index contributed by atoms with van der Waals surface area (Å²) in [6.45, 7) is 4.65. The zero-order valence-corrected chi connectivity index (χ0v) is 8.31. The molecule has 3 N–H and O–H groups in total. The third-order valence-corrected chi connectivity index (χ3v) is 0.631. The molecule has 0 saturated carbocycles. The van der Waals surface area contributed by atoms with Gasteiger partial charge in [0.05, 0.1) is 0 Å². The zero-order chi connectivity index (χ0) is 11.8. The Morgan fingerprint density at radius 1 is 1.50 bits per heavy atom. The van der Waals surface area contributed by atoms with Crippen LogP contribution in [0, 0.1) is 0 Å². The van der Waals surface area contributed by atoms with Crippen LogP contribution in [0.2, 0.25) is 0 Å². The van der Waals surface area contributed by atoms with Crippen molar-refractivity contribution in [3.05, 3.63) is 12.2 Å². The van der Waals surface area contributed by atoms with E-state index < -0.39 is 13.8 Å². The second kappa shape index (κ2) is 7.40. The first-order valence-corrected chi connectivity index (χ1v) is 4.79. The van der Waals surface area contributed by atoms with E-state index in [0.29, 0.717) is 11.9 Å². The van der Waals surface area contributed by atoms with E-state index in [1.807, 2.05) is 0 Å². The first kappa shape index (κ1) is 15.5. The minimum Gasteiger partial charge on any atom is -0.455 e. The summed E-state index contributed by atoms with van der Waals surface area (Å²) in [5.41, 5.74) is 0.303. The highest BCUT2D eigenvalue weighted by molar-refractivity contribution is 7.45. The minimum atomic E-state index is -4.64. The van der Waals surface area contributed by atoms with Crippen molar-refractivity contribution in [2.45, 2.75) is 6.92 Å². The van der Waals surface area contributed by atoms with E-state index in [9.17, 15) is 9.59 Å². The summed E-state index contributed by atoms with van der Waals surface area (Å²) < 4.78 is 13.2. The molecular formula is C6H11O7P. The quantitative estimate of drug-likeness (QED) is 0.253. The van der Waals surface area contributed by atoms with Crippen molar-refractivity contribution in [1.82, 2.24) is 0 Å². The predicted octanol–water partition coefficient (Wildman–Crippen LogP) is -0.624. The van der Waals surface area contributed by atoms with E-state index in [4.69, 9.17) is 19.2 Å². The summed E-state index contributed by atoms with van der Waals surface area (Å²) in [6.07, 6.45) is 0.515. The molecule has 14 heavy (non-hydrogen) atoms. The monoisotopic (exact) mass is 226 g/mol. The molecule has 8 heteroatoms. The predicted molar refractivity (Wildman–Crippen MR) is 46.1 cm³/mol.